The quantitative estimate of drug-likeness (QED) is 0.538. The van der Waals surface area contributed by atoms with Crippen molar-refractivity contribution in [3.63, 3.8) is 0 Å². The van der Waals surface area contributed by atoms with E-state index in [1.165, 1.54) is 18.2 Å². The van der Waals surface area contributed by atoms with Crippen LogP contribution in [0.15, 0.2) is 30.9 Å². The van der Waals surface area contributed by atoms with E-state index in [-0.39, 0.29) is 22.8 Å². The van der Waals surface area contributed by atoms with Crippen molar-refractivity contribution in [2.75, 3.05) is 0 Å². The van der Waals surface area contributed by atoms with Gasteiger partial charge in [0, 0.05) is 11.4 Å². The van der Waals surface area contributed by atoms with E-state index in [2.05, 4.69) is 6.58 Å². The number of rotatable bonds is 3. The van der Waals surface area contributed by atoms with Crippen LogP contribution in [0.5, 0.6) is 0 Å². The Morgan fingerprint density at radius 2 is 2.31 bits per heavy atom. The van der Waals surface area contributed by atoms with Gasteiger partial charge in [0.2, 0.25) is 0 Å². The van der Waals surface area contributed by atoms with E-state index in [9.17, 15) is 9.18 Å². The van der Waals surface area contributed by atoms with Crippen molar-refractivity contribution in [3.05, 3.63) is 47.3 Å². The minimum Gasteiger partial charge on any atom is -0.294 e. The van der Waals surface area contributed by atoms with Crippen molar-refractivity contribution in [1.82, 2.24) is 0 Å². The predicted molar refractivity (Wildman–Crippen MR) is 50.6 cm³/mol. The number of allylic oxidation sites excluding steroid dienone is 1. The number of benzene rings is 1. The monoisotopic (exact) mass is 198 g/mol. The minimum atomic E-state index is -0.584. The molecule has 1 nitrogen and oxygen atoms in total. The third-order valence-corrected chi connectivity index (χ3v) is 1.80. The summed E-state index contributed by atoms with van der Waals surface area (Å²) in [4.78, 5) is 11.2. The van der Waals surface area contributed by atoms with Crippen LogP contribution in [0.1, 0.15) is 16.8 Å². The van der Waals surface area contributed by atoms with E-state index >= 15 is 0 Å². The molecule has 0 spiro atoms. The van der Waals surface area contributed by atoms with Gasteiger partial charge in [-0.3, -0.25) is 4.79 Å². The van der Waals surface area contributed by atoms with Crippen LogP contribution in [-0.4, -0.2) is 5.78 Å². The standard InChI is InChI=1S/C10H8ClFO/c1-2-3-10(13)8-5-4-7(11)6-9(8)12/h2,4-6H,1,3H2. The molecule has 0 saturated carbocycles. The van der Waals surface area contributed by atoms with E-state index in [4.69, 9.17) is 11.6 Å². The van der Waals surface area contributed by atoms with Crippen LogP contribution >= 0.6 is 11.6 Å². The number of Topliss-reactive ketones (excluding diaryl/α,β-unsaturated/α-hetero) is 1. The first-order valence-corrected chi connectivity index (χ1v) is 4.12. The summed E-state index contributed by atoms with van der Waals surface area (Å²) in [5.41, 5.74) is 0.0595. The number of hydrogen-bond donors (Lipinski definition) is 0. The number of halogens is 2. The molecule has 0 saturated heterocycles. The molecule has 0 heterocycles. The van der Waals surface area contributed by atoms with Crippen molar-refractivity contribution in [3.8, 4) is 0 Å². The average Bonchev–Trinajstić information content (AvgIpc) is 2.04. The topological polar surface area (TPSA) is 17.1 Å². The molecule has 68 valence electrons. The van der Waals surface area contributed by atoms with Crippen LogP contribution in [0, 0.1) is 5.82 Å². The van der Waals surface area contributed by atoms with Gasteiger partial charge in [-0.25, -0.2) is 4.39 Å². The Morgan fingerprint density at radius 1 is 1.62 bits per heavy atom. The lowest BCUT2D eigenvalue weighted by molar-refractivity contribution is 0.0992. The smallest absolute Gasteiger partial charge is 0.169 e. The van der Waals surface area contributed by atoms with Crippen molar-refractivity contribution in [2.45, 2.75) is 6.42 Å². The molecule has 0 unspecified atom stereocenters. The van der Waals surface area contributed by atoms with Gasteiger partial charge in [0.15, 0.2) is 5.78 Å². The molecular weight excluding hydrogens is 191 g/mol. The first-order chi connectivity index (χ1) is 6.15. The van der Waals surface area contributed by atoms with Crippen molar-refractivity contribution >= 4 is 17.4 Å². The lowest BCUT2D eigenvalue weighted by atomic mass is 10.1. The maximum absolute atomic E-state index is 13.1. The SMILES string of the molecule is C=CCC(=O)c1ccc(Cl)cc1F. The largest absolute Gasteiger partial charge is 0.294 e. The summed E-state index contributed by atoms with van der Waals surface area (Å²) in [6.45, 7) is 3.40. The number of carbonyl (C=O) groups is 1. The molecule has 0 fully saturated rings. The van der Waals surface area contributed by atoms with Gasteiger partial charge < -0.3 is 0 Å². The first kappa shape index (κ1) is 9.93. The van der Waals surface area contributed by atoms with Gasteiger partial charge in [0.1, 0.15) is 5.82 Å². The Kier molecular flexibility index (Phi) is 3.20. The van der Waals surface area contributed by atoms with Crippen LogP contribution in [0.3, 0.4) is 0 Å². The van der Waals surface area contributed by atoms with Gasteiger partial charge in [-0.2, -0.15) is 0 Å². The maximum atomic E-state index is 13.1. The Hall–Kier alpha value is -1.15. The Morgan fingerprint density at radius 3 is 2.85 bits per heavy atom. The highest BCUT2D eigenvalue weighted by Crippen LogP contribution is 2.15. The molecule has 13 heavy (non-hydrogen) atoms. The fourth-order valence-electron chi connectivity index (χ4n) is 0.957. The number of carbonyl (C=O) groups excluding carboxylic acids is 1. The highest BCUT2D eigenvalue weighted by Gasteiger charge is 2.09. The molecule has 0 aliphatic rings. The van der Waals surface area contributed by atoms with Crippen molar-refractivity contribution < 1.29 is 9.18 Å². The Balaban J connectivity index is 3.01. The van der Waals surface area contributed by atoms with Gasteiger partial charge in [-0.1, -0.05) is 17.7 Å². The molecule has 0 bridgehead atoms. The zero-order valence-corrected chi connectivity index (χ0v) is 7.64. The molecule has 0 aromatic heterocycles. The fourth-order valence-corrected chi connectivity index (χ4v) is 1.12. The molecular formula is C10H8ClFO. The van der Waals surface area contributed by atoms with E-state index in [0.717, 1.165) is 6.07 Å². The van der Waals surface area contributed by atoms with Crippen LogP contribution in [0.2, 0.25) is 5.02 Å². The normalized spacial score (nSPS) is 9.69. The molecule has 1 aromatic carbocycles. The van der Waals surface area contributed by atoms with Gasteiger partial charge in [0.25, 0.3) is 0 Å². The summed E-state index contributed by atoms with van der Waals surface area (Å²) in [7, 11) is 0. The van der Waals surface area contributed by atoms with Crippen LogP contribution in [0.4, 0.5) is 4.39 Å². The zero-order valence-electron chi connectivity index (χ0n) is 6.89. The maximum Gasteiger partial charge on any atom is 0.169 e. The zero-order chi connectivity index (χ0) is 9.84. The summed E-state index contributed by atoms with van der Waals surface area (Å²) in [5, 5.41) is 0.285. The number of hydrogen-bond acceptors (Lipinski definition) is 1. The molecule has 1 aromatic rings. The highest BCUT2D eigenvalue weighted by atomic mass is 35.5. The molecule has 0 N–H and O–H groups in total. The third kappa shape index (κ3) is 2.39. The second kappa shape index (κ2) is 4.19. The molecule has 0 atom stereocenters. The Labute approximate surface area is 80.8 Å². The Bertz CT molecular complexity index is 347. The second-order valence-corrected chi connectivity index (χ2v) is 2.98. The van der Waals surface area contributed by atoms with E-state index < -0.39 is 5.82 Å². The highest BCUT2D eigenvalue weighted by molar-refractivity contribution is 6.30. The van der Waals surface area contributed by atoms with Crippen molar-refractivity contribution in [1.29, 1.82) is 0 Å². The second-order valence-electron chi connectivity index (χ2n) is 2.54. The van der Waals surface area contributed by atoms with Crippen molar-refractivity contribution in [2.24, 2.45) is 0 Å². The van der Waals surface area contributed by atoms with Crippen LogP contribution in [0.25, 0.3) is 0 Å². The first-order valence-electron chi connectivity index (χ1n) is 3.74. The van der Waals surface area contributed by atoms with Gasteiger partial charge in [-0.05, 0) is 18.2 Å². The summed E-state index contributed by atoms with van der Waals surface area (Å²) in [6, 6.07) is 3.99. The van der Waals surface area contributed by atoms with E-state index in [1.807, 2.05) is 0 Å². The van der Waals surface area contributed by atoms with E-state index in [0.29, 0.717) is 0 Å². The predicted octanol–water partition coefficient (Wildman–Crippen LogP) is 3.24. The molecule has 1 rings (SSSR count). The van der Waals surface area contributed by atoms with Crippen LogP contribution < -0.4 is 0 Å². The average molecular weight is 199 g/mol. The summed E-state index contributed by atoms with van der Waals surface area (Å²) < 4.78 is 13.1. The third-order valence-electron chi connectivity index (χ3n) is 1.56. The summed E-state index contributed by atoms with van der Waals surface area (Å²) in [5.74, 6) is -0.872. The summed E-state index contributed by atoms with van der Waals surface area (Å²) >= 11 is 5.53. The molecule has 0 radical (unpaired) electrons. The van der Waals surface area contributed by atoms with Gasteiger partial charge >= 0.3 is 0 Å². The summed E-state index contributed by atoms with van der Waals surface area (Å²) in [6.07, 6.45) is 1.58. The van der Waals surface area contributed by atoms with Gasteiger partial charge in [0.05, 0.1) is 5.56 Å². The molecule has 0 aliphatic carbocycles. The lowest BCUT2D eigenvalue weighted by Gasteiger charge is -1.99. The lowest BCUT2D eigenvalue weighted by Crippen LogP contribution is -2.00. The number of ketones is 1. The fraction of sp³-hybridized carbons (Fsp3) is 0.100. The van der Waals surface area contributed by atoms with Crippen LogP contribution in [-0.2, 0) is 0 Å². The van der Waals surface area contributed by atoms with Gasteiger partial charge in [-0.15, -0.1) is 6.58 Å². The minimum absolute atomic E-state index is 0.0595. The molecule has 0 aliphatic heterocycles. The molecule has 3 heteroatoms. The molecule has 0 amide bonds. The van der Waals surface area contributed by atoms with E-state index in [1.54, 1.807) is 0 Å².